The fourth-order valence-corrected chi connectivity index (χ4v) is 3.31. The van der Waals surface area contributed by atoms with Crippen LogP contribution in [0.25, 0.3) is 6.08 Å². The second-order valence-corrected chi connectivity index (χ2v) is 6.38. The van der Waals surface area contributed by atoms with Crippen molar-refractivity contribution in [3.8, 4) is 0 Å². The third-order valence-corrected chi connectivity index (χ3v) is 4.89. The van der Waals surface area contributed by atoms with E-state index < -0.39 is 0 Å². The second kappa shape index (κ2) is 5.50. The third kappa shape index (κ3) is 2.92. The standard InChI is InChI=1S/C18H25N/c1-13-11-17(15-7-9-18(19)10-8-15)6-5-16(13)12-14-3-2-4-14/h5-6,11-12,15,18H,2-4,7-10,19H2,1H3. The van der Waals surface area contributed by atoms with Crippen LogP contribution in [0.15, 0.2) is 23.8 Å². The predicted octanol–water partition coefficient (Wildman–Crippen LogP) is 4.55. The lowest BCUT2D eigenvalue weighted by atomic mass is 9.81. The average Bonchev–Trinajstić information content (AvgIpc) is 2.36. The van der Waals surface area contributed by atoms with E-state index in [0.29, 0.717) is 6.04 Å². The molecule has 0 bridgehead atoms. The molecule has 0 amide bonds. The lowest BCUT2D eigenvalue weighted by Crippen LogP contribution is -2.25. The van der Waals surface area contributed by atoms with Gasteiger partial charge in [-0.1, -0.05) is 29.8 Å². The van der Waals surface area contributed by atoms with Gasteiger partial charge in [0.05, 0.1) is 0 Å². The van der Waals surface area contributed by atoms with Crippen LogP contribution >= 0.6 is 0 Å². The summed E-state index contributed by atoms with van der Waals surface area (Å²) in [6.07, 6.45) is 11.3. The molecule has 0 saturated heterocycles. The molecule has 0 aromatic heterocycles. The van der Waals surface area contributed by atoms with E-state index in [-0.39, 0.29) is 0 Å². The lowest BCUT2D eigenvalue weighted by Gasteiger charge is -2.27. The first kappa shape index (κ1) is 12.9. The molecule has 2 N–H and O–H groups in total. The van der Waals surface area contributed by atoms with Gasteiger partial charge in [-0.15, -0.1) is 0 Å². The van der Waals surface area contributed by atoms with Gasteiger partial charge >= 0.3 is 0 Å². The highest BCUT2D eigenvalue weighted by Gasteiger charge is 2.20. The summed E-state index contributed by atoms with van der Waals surface area (Å²) in [5.41, 5.74) is 12.0. The molecule has 2 fully saturated rings. The Labute approximate surface area is 116 Å². The van der Waals surface area contributed by atoms with Crippen molar-refractivity contribution in [3.63, 3.8) is 0 Å². The van der Waals surface area contributed by atoms with Gasteiger partial charge in [-0.2, -0.15) is 0 Å². The van der Waals surface area contributed by atoms with E-state index in [1.54, 1.807) is 5.57 Å². The highest BCUT2D eigenvalue weighted by molar-refractivity contribution is 5.58. The van der Waals surface area contributed by atoms with E-state index in [9.17, 15) is 0 Å². The lowest BCUT2D eigenvalue weighted by molar-refractivity contribution is 0.395. The van der Waals surface area contributed by atoms with E-state index >= 15 is 0 Å². The fraction of sp³-hybridized carbons (Fsp3) is 0.556. The van der Waals surface area contributed by atoms with E-state index in [1.807, 2.05) is 0 Å². The molecule has 0 heterocycles. The Morgan fingerprint density at radius 3 is 2.42 bits per heavy atom. The van der Waals surface area contributed by atoms with Crippen molar-refractivity contribution in [1.82, 2.24) is 0 Å². The van der Waals surface area contributed by atoms with Crippen LogP contribution in [-0.2, 0) is 0 Å². The average molecular weight is 255 g/mol. The first-order valence-electron chi connectivity index (χ1n) is 7.78. The van der Waals surface area contributed by atoms with Crippen LogP contribution in [-0.4, -0.2) is 6.04 Å². The summed E-state index contributed by atoms with van der Waals surface area (Å²) in [7, 11) is 0. The molecule has 1 heteroatoms. The van der Waals surface area contributed by atoms with E-state index in [1.165, 1.54) is 61.6 Å². The summed E-state index contributed by atoms with van der Waals surface area (Å²) in [5.74, 6) is 0.740. The number of allylic oxidation sites excluding steroid dienone is 1. The number of benzene rings is 1. The minimum atomic E-state index is 0.444. The van der Waals surface area contributed by atoms with Crippen LogP contribution in [0, 0.1) is 6.92 Å². The molecule has 2 saturated carbocycles. The minimum absolute atomic E-state index is 0.444. The highest BCUT2D eigenvalue weighted by Crippen LogP contribution is 2.34. The Bertz CT molecular complexity index is 472. The molecule has 2 aliphatic rings. The zero-order valence-electron chi connectivity index (χ0n) is 12.0. The molecular weight excluding hydrogens is 230 g/mol. The van der Waals surface area contributed by atoms with Gasteiger partial charge in [0.2, 0.25) is 0 Å². The van der Waals surface area contributed by atoms with Crippen LogP contribution in [0.3, 0.4) is 0 Å². The molecule has 0 spiro atoms. The normalized spacial score (nSPS) is 26.9. The van der Waals surface area contributed by atoms with Gasteiger partial charge in [0.1, 0.15) is 0 Å². The molecule has 102 valence electrons. The van der Waals surface area contributed by atoms with Crippen molar-refractivity contribution in [1.29, 1.82) is 0 Å². The summed E-state index contributed by atoms with van der Waals surface area (Å²) in [6, 6.07) is 7.52. The summed E-state index contributed by atoms with van der Waals surface area (Å²) >= 11 is 0. The Morgan fingerprint density at radius 1 is 1.11 bits per heavy atom. The number of hydrogen-bond donors (Lipinski definition) is 1. The van der Waals surface area contributed by atoms with Crippen molar-refractivity contribution in [2.75, 3.05) is 0 Å². The van der Waals surface area contributed by atoms with Crippen molar-refractivity contribution >= 4 is 6.08 Å². The van der Waals surface area contributed by atoms with Crippen LogP contribution in [0.5, 0.6) is 0 Å². The molecule has 3 rings (SSSR count). The molecule has 2 aliphatic carbocycles. The third-order valence-electron chi connectivity index (χ3n) is 4.89. The SMILES string of the molecule is Cc1cc(C2CCC(N)CC2)ccc1C=C1CCC1. The van der Waals surface area contributed by atoms with Crippen molar-refractivity contribution in [2.24, 2.45) is 5.73 Å². The summed E-state index contributed by atoms with van der Waals surface area (Å²) in [4.78, 5) is 0. The van der Waals surface area contributed by atoms with E-state index in [4.69, 9.17) is 5.73 Å². The first-order valence-corrected chi connectivity index (χ1v) is 7.78. The van der Waals surface area contributed by atoms with Gasteiger partial charge in [0.25, 0.3) is 0 Å². The van der Waals surface area contributed by atoms with Crippen LogP contribution in [0.2, 0.25) is 0 Å². The Morgan fingerprint density at radius 2 is 1.84 bits per heavy atom. The Balaban J connectivity index is 1.75. The molecule has 19 heavy (non-hydrogen) atoms. The van der Waals surface area contributed by atoms with Gasteiger partial charge in [-0.25, -0.2) is 0 Å². The summed E-state index contributed by atoms with van der Waals surface area (Å²) < 4.78 is 0. The maximum atomic E-state index is 6.00. The molecule has 1 nitrogen and oxygen atoms in total. The molecule has 0 atom stereocenters. The molecule has 0 radical (unpaired) electrons. The Kier molecular flexibility index (Phi) is 3.74. The molecular formula is C18H25N. The maximum Gasteiger partial charge on any atom is 0.00392 e. The van der Waals surface area contributed by atoms with Crippen molar-refractivity contribution in [3.05, 3.63) is 40.5 Å². The summed E-state index contributed by atoms with van der Waals surface area (Å²) in [6.45, 7) is 2.25. The quantitative estimate of drug-likeness (QED) is 0.824. The Hall–Kier alpha value is -1.08. The van der Waals surface area contributed by atoms with E-state index in [0.717, 1.165) is 5.92 Å². The molecule has 0 unspecified atom stereocenters. The molecule has 1 aromatic rings. The van der Waals surface area contributed by atoms with Gasteiger partial charge in [-0.3, -0.25) is 0 Å². The fourth-order valence-electron chi connectivity index (χ4n) is 3.31. The molecule has 1 aromatic carbocycles. The molecule has 0 aliphatic heterocycles. The van der Waals surface area contributed by atoms with Crippen LogP contribution in [0.1, 0.15) is 67.6 Å². The van der Waals surface area contributed by atoms with Gasteiger partial charge in [-0.05, 0) is 74.5 Å². The number of rotatable bonds is 2. The van der Waals surface area contributed by atoms with Gasteiger partial charge in [0, 0.05) is 6.04 Å². The van der Waals surface area contributed by atoms with E-state index in [2.05, 4.69) is 31.2 Å². The van der Waals surface area contributed by atoms with Gasteiger partial charge in [0.15, 0.2) is 0 Å². The zero-order valence-corrected chi connectivity index (χ0v) is 12.0. The maximum absolute atomic E-state index is 6.00. The summed E-state index contributed by atoms with van der Waals surface area (Å²) in [5, 5.41) is 0. The van der Waals surface area contributed by atoms with Crippen LogP contribution in [0.4, 0.5) is 0 Å². The smallest absolute Gasteiger partial charge is 0.00392 e. The number of hydrogen-bond acceptors (Lipinski definition) is 1. The largest absolute Gasteiger partial charge is 0.328 e. The topological polar surface area (TPSA) is 26.0 Å². The second-order valence-electron chi connectivity index (χ2n) is 6.38. The zero-order chi connectivity index (χ0) is 13.2. The van der Waals surface area contributed by atoms with Crippen LogP contribution < -0.4 is 5.73 Å². The first-order chi connectivity index (χ1) is 9.22. The number of nitrogens with two attached hydrogens (primary N) is 1. The monoisotopic (exact) mass is 255 g/mol. The minimum Gasteiger partial charge on any atom is -0.328 e. The number of aryl methyl sites for hydroxylation is 1. The van der Waals surface area contributed by atoms with Crippen molar-refractivity contribution < 1.29 is 0 Å². The van der Waals surface area contributed by atoms with Crippen molar-refractivity contribution in [2.45, 2.75) is 63.8 Å². The van der Waals surface area contributed by atoms with Gasteiger partial charge < -0.3 is 5.73 Å². The highest BCUT2D eigenvalue weighted by atomic mass is 14.6. The predicted molar refractivity (Wildman–Crippen MR) is 82.2 cm³/mol.